The Morgan fingerprint density at radius 1 is 0.839 bits per heavy atom. The number of nitrogens with zero attached hydrogens (tertiary/aromatic N) is 6. The van der Waals surface area contributed by atoms with Gasteiger partial charge in [0.15, 0.2) is 35.8 Å². The largest absolute Gasteiger partial charge is 0.472 e. The predicted octanol–water partition coefficient (Wildman–Crippen LogP) is -0.963. The van der Waals surface area contributed by atoms with E-state index < -0.39 is 93.3 Å². The summed E-state index contributed by atoms with van der Waals surface area (Å²) in [6, 6.07) is 15.4. The monoisotopic (exact) mass is 797 g/mol. The second kappa shape index (κ2) is 15.7. The molecule has 5 heterocycles. The molecule has 2 fully saturated rings. The molecule has 23 nitrogen and oxygen atoms in total. The number of anilines is 2. The van der Waals surface area contributed by atoms with Gasteiger partial charge in [0.25, 0.3) is 5.56 Å². The molecule has 56 heavy (non-hydrogen) atoms. The molecule has 3 aromatic heterocycles. The van der Waals surface area contributed by atoms with Crippen LogP contribution in [0.4, 0.5) is 11.9 Å². The lowest BCUT2D eigenvalue weighted by molar-refractivity contribution is -0.0645. The number of H-pyrrole nitrogens is 1. The lowest BCUT2D eigenvalue weighted by Gasteiger charge is -2.26. The number of esters is 2. The number of aliphatic hydroxyl groups is 2. The van der Waals surface area contributed by atoms with Gasteiger partial charge in [-0.05, 0) is 24.3 Å². The number of fused-ring (bicyclic) bond motifs is 1. The van der Waals surface area contributed by atoms with Crippen molar-refractivity contribution in [3.05, 3.63) is 105 Å². The lowest BCUT2D eigenvalue weighted by Crippen LogP contribution is -2.40. The molecular weight excluding hydrogens is 765 g/mol. The smallest absolute Gasteiger partial charge is 0.451 e. The first kappa shape index (κ1) is 38.4. The van der Waals surface area contributed by atoms with Crippen LogP contribution in [-0.4, -0.2) is 111 Å². The standard InChI is InChI=1S/C32H32N9O14P/c33-30-36-14-41(32(47)39-30)26-22(53-28(45)15-7-3-1-4-8-15)20(43)18(52-26)12-50-56(48,49)55-21-17(11-42)51-27(23(21)54-29(46)16-9-5-2-6-10-16)40-13-35-19-24(40)37-31(34)38-25(19)44/h1-10,13-14,17-18,20-23,26-27,42-43H,11-12H2,(H,48,49)(H2,33,39,47)(H3,34,37,38,44)/t17-,18-,20+,21+,22?,23+,26-,27-/m1/s1. The van der Waals surface area contributed by atoms with E-state index in [2.05, 4.69) is 24.9 Å². The quantitative estimate of drug-likeness (QED) is 0.0654. The molecule has 7 rings (SSSR count). The van der Waals surface area contributed by atoms with Gasteiger partial charge in [-0.3, -0.25) is 28.0 Å². The maximum absolute atomic E-state index is 13.6. The van der Waals surface area contributed by atoms with Crippen molar-refractivity contribution in [2.75, 3.05) is 24.7 Å². The van der Waals surface area contributed by atoms with Crippen LogP contribution in [0.3, 0.4) is 0 Å². The van der Waals surface area contributed by atoms with Crippen LogP contribution in [0.15, 0.2) is 82.9 Å². The van der Waals surface area contributed by atoms with Crippen molar-refractivity contribution >= 4 is 42.8 Å². The average Bonchev–Trinajstić information content (AvgIpc) is 3.84. The van der Waals surface area contributed by atoms with Crippen LogP contribution < -0.4 is 22.7 Å². The van der Waals surface area contributed by atoms with Gasteiger partial charge in [-0.2, -0.15) is 9.97 Å². The molecule has 2 aliphatic rings. The summed E-state index contributed by atoms with van der Waals surface area (Å²) in [6.07, 6.45) is -10.7. The summed E-state index contributed by atoms with van der Waals surface area (Å²) >= 11 is 0. The maximum Gasteiger partial charge on any atom is 0.472 e. The van der Waals surface area contributed by atoms with Crippen molar-refractivity contribution in [1.29, 1.82) is 0 Å². The first-order valence-electron chi connectivity index (χ1n) is 16.5. The van der Waals surface area contributed by atoms with Crippen molar-refractivity contribution in [2.24, 2.45) is 0 Å². The molecule has 0 radical (unpaired) electrons. The Morgan fingerprint density at radius 3 is 2.05 bits per heavy atom. The summed E-state index contributed by atoms with van der Waals surface area (Å²) in [5, 5.41) is 21.6. The van der Waals surface area contributed by atoms with E-state index >= 15 is 0 Å². The minimum Gasteiger partial charge on any atom is -0.451 e. The summed E-state index contributed by atoms with van der Waals surface area (Å²) in [5.41, 5.74) is 9.45. The number of rotatable bonds is 12. The number of imidazole rings is 1. The van der Waals surface area contributed by atoms with Crippen LogP contribution in [0.25, 0.3) is 11.2 Å². The first-order valence-corrected chi connectivity index (χ1v) is 18.0. The molecule has 294 valence electrons. The molecule has 0 saturated carbocycles. The summed E-state index contributed by atoms with van der Waals surface area (Å²) in [7, 11) is -5.30. The Balaban J connectivity index is 1.14. The molecule has 0 aliphatic carbocycles. The van der Waals surface area contributed by atoms with Crippen molar-refractivity contribution in [1.82, 2.24) is 34.1 Å². The predicted molar refractivity (Wildman–Crippen MR) is 186 cm³/mol. The number of hydrogen-bond acceptors (Lipinski definition) is 19. The van der Waals surface area contributed by atoms with Crippen LogP contribution >= 0.6 is 7.82 Å². The van der Waals surface area contributed by atoms with Crippen LogP contribution in [0.5, 0.6) is 0 Å². The molecular formula is C32H32N9O14P. The number of nitrogen functional groups attached to an aromatic ring is 2. The molecule has 24 heteroatoms. The van der Waals surface area contributed by atoms with Gasteiger partial charge in [0, 0.05) is 0 Å². The zero-order valence-corrected chi connectivity index (χ0v) is 29.5. The second-order valence-electron chi connectivity index (χ2n) is 12.3. The minimum absolute atomic E-state index is 0.0743. The minimum atomic E-state index is -5.30. The topological polar surface area (TPSA) is 331 Å². The van der Waals surface area contributed by atoms with Gasteiger partial charge in [-0.25, -0.2) is 28.9 Å². The molecule has 0 spiro atoms. The number of benzene rings is 2. The van der Waals surface area contributed by atoms with Crippen LogP contribution in [0.2, 0.25) is 0 Å². The highest BCUT2D eigenvalue weighted by Crippen LogP contribution is 2.50. The van der Waals surface area contributed by atoms with Crippen molar-refractivity contribution in [3.63, 3.8) is 0 Å². The molecule has 2 unspecified atom stereocenters. The maximum atomic E-state index is 13.6. The zero-order chi connectivity index (χ0) is 39.7. The fourth-order valence-electron chi connectivity index (χ4n) is 6.08. The van der Waals surface area contributed by atoms with E-state index in [1.165, 1.54) is 28.8 Å². The molecule has 0 bridgehead atoms. The molecule has 0 amide bonds. The summed E-state index contributed by atoms with van der Waals surface area (Å²) in [5.74, 6) is -2.49. The van der Waals surface area contributed by atoms with Crippen molar-refractivity contribution < 1.29 is 57.3 Å². The number of aromatic nitrogens is 7. The lowest BCUT2D eigenvalue weighted by atomic mass is 10.1. The van der Waals surface area contributed by atoms with E-state index in [0.29, 0.717) is 0 Å². The first-order chi connectivity index (χ1) is 26.8. The molecule has 2 aliphatic heterocycles. The number of ether oxygens (including phenoxy) is 4. The zero-order valence-electron chi connectivity index (χ0n) is 28.6. The summed E-state index contributed by atoms with van der Waals surface area (Å²) in [4.78, 5) is 80.2. The van der Waals surface area contributed by atoms with E-state index in [0.717, 1.165) is 17.2 Å². The van der Waals surface area contributed by atoms with Crippen molar-refractivity contribution in [2.45, 2.75) is 49.1 Å². The fourth-order valence-corrected chi connectivity index (χ4v) is 7.04. The van der Waals surface area contributed by atoms with Crippen LogP contribution in [0.1, 0.15) is 33.2 Å². The summed E-state index contributed by atoms with van der Waals surface area (Å²) < 4.78 is 49.3. The number of phosphoric acid groups is 1. The van der Waals surface area contributed by atoms with E-state index in [4.69, 9.17) is 39.5 Å². The molecule has 2 saturated heterocycles. The highest BCUT2D eigenvalue weighted by molar-refractivity contribution is 7.47. The van der Waals surface area contributed by atoms with Crippen LogP contribution in [0, 0.1) is 0 Å². The number of phosphoric ester groups is 1. The van der Waals surface area contributed by atoms with Gasteiger partial charge in [0.1, 0.15) is 30.7 Å². The van der Waals surface area contributed by atoms with Gasteiger partial charge in [0.05, 0.1) is 30.7 Å². The third-order valence-corrected chi connectivity index (χ3v) is 9.67. The highest BCUT2D eigenvalue weighted by Gasteiger charge is 2.53. The number of nitrogens with two attached hydrogens (primary N) is 2. The number of nitrogens with one attached hydrogen (secondary N) is 1. The Morgan fingerprint density at radius 2 is 1.43 bits per heavy atom. The van der Waals surface area contributed by atoms with Gasteiger partial charge >= 0.3 is 25.5 Å². The van der Waals surface area contributed by atoms with E-state index in [1.54, 1.807) is 36.4 Å². The van der Waals surface area contributed by atoms with Gasteiger partial charge in [-0.15, -0.1) is 0 Å². The third-order valence-electron chi connectivity index (χ3n) is 8.68. The molecule has 5 aromatic rings. The van der Waals surface area contributed by atoms with Crippen LogP contribution in [-0.2, 0) is 32.6 Å². The van der Waals surface area contributed by atoms with E-state index in [-0.39, 0.29) is 34.2 Å². The summed E-state index contributed by atoms with van der Waals surface area (Å²) in [6.45, 7) is -1.76. The van der Waals surface area contributed by atoms with E-state index in [9.17, 15) is 38.8 Å². The fraction of sp³-hybridized carbons (Fsp3) is 0.312. The number of hydrogen-bond donors (Lipinski definition) is 6. The van der Waals surface area contributed by atoms with E-state index in [1.807, 2.05) is 0 Å². The molecule has 2 aromatic carbocycles. The third kappa shape index (κ3) is 7.78. The van der Waals surface area contributed by atoms with Crippen molar-refractivity contribution in [3.8, 4) is 0 Å². The Labute approximate surface area is 313 Å². The van der Waals surface area contributed by atoms with Gasteiger partial charge in [0.2, 0.25) is 11.9 Å². The number of carbonyl (C=O) groups excluding carboxylic acids is 2. The Bertz CT molecular complexity index is 2400. The average molecular weight is 798 g/mol. The highest BCUT2D eigenvalue weighted by atomic mass is 31.2. The van der Waals surface area contributed by atoms with Gasteiger partial charge < -0.3 is 45.5 Å². The Kier molecular flexibility index (Phi) is 10.7. The number of carbonyl (C=O) groups is 2. The molecule has 8 N–H and O–H groups in total. The van der Waals surface area contributed by atoms with Gasteiger partial charge in [-0.1, -0.05) is 36.4 Å². The SMILES string of the molecule is Nc1ncn([C@@H]2O[C@H](COP(=O)(O)O[C@@H]3[C@H](OC(=O)c4ccccc4)[C@H](n4cnc5c(=O)[nH]c(N)nc54)O[C@@H]3CO)[C@H](O)C2OC(=O)c2ccccc2)c(=O)n1. The second-order valence-corrected chi connectivity index (χ2v) is 13.7. The Hall–Kier alpha value is -5.91. The number of aromatic amines is 1. The number of aliphatic hydroxyl groups excluding tert-OH is 2. The normalized spacial score (nSPS) is 25.8. The molecule has 9 atom stereocenters.